The van der Waals surface area contributed by atoms with E-state index in [1.807, 2.05) is 6.92 Å². The van der Waals surface area contributed by atoms with Crippen LogP contribution in [-0.2, 0) is 6.42 Å². The molecule has 0 radical (unpaired) electrons. The zero-order valence-corrected chi connectivity index (χ0v) is 5.72. The molecular weight excluding hydrogens is 130 g/mol. The summed E-state index contributed by atoms with van der Waals surface area (Å²) in [6.45, 7) is 1.97. The number of aromatic nitrogens is 2. The molecule has 0 aliphatic carbocycles. The van der Waals surface area contributed by atoms with Crippen molar-refractivity contribution < 1.29 is 4.79 Å². The molecule has 0 aliphatic heterocycles. The van der Waals surface area contributed by atoms with Crippen LogP contribution in [0.3, 0.4) is 0 Å². The van der Waals surface area contributed by atoms with Crippen molar-refractivity contribution in [3.8, 4) is 0 Å². The zero-order chi connectivity index (χ0) is 7.56. The number of hydrogen-bond acceptors (Lipinski definition) is 2. The first kappa shape index (κ1) is 6.80. The second-order valence-corrected chi connectivity index (χ2v) is 2.00. The second kappa shape index (κ2) is 2.51. The molecule has 0 spiro atoms. The molecule has 0 saturated carbocycles. The van der Waals surface area contributed by atoms with Gasteiger partial charge in [0.25, 0.3) is 5.91 Å². The molecule has 1 aromatic rings. The van der Waals surface area contributed by atoms with Gasteiger partial charge in [0.1, 0.15) is 5.69 Å². The summed E-state index contributed by atoms with van der Waals surface area (Å²) in [5.41, 5.74) is 6.19. The van der Waals surface area contributed by atoms with Gasteiger partial charge >= 0.3 is 0 Å². The number of amides is 1. The van der Waals surface area contributed by atoms with Crippen molar-refractivity contribution in [1.82, 2.24) is 10.2 Å². The number of primary amides is 1. The lowest BCUT2D eigenvalue weighted by molar-refractivity contribution is 0.0995. The molecule has 1 amide bonds. The molecule has 0 atom stereocenters. The quantitative estimate of drug-likeness (QED) is 0.608. The van der Waals surface area contributed by atoms with Crippen LogP contribution in [0, 0.1) is 0 Å². The van der Waals surface area contributed by atoms with Crippen LogP contribution < -0.4 is 5.73 Å². The Hall–Kier alpha value is -1.32. The van der Waals surface area contributed by atoms with Crippen molar-refractivity contribution in [2.24, 2.45) is 5.73 Å². The summed E-state index contributed by atoms with van der Waals surface area (Å²) in [5, 5.41) is 6.37. The third kappa shape index (κ3) is 1.15. The van der Waals surface area contributed by atoms with Gasteiger partial charge in [-0.3, -0.25) is 9.89 Å². The summed E-state index contributed by atoms with van der Waals surface area (Å²) in [7, 11) is 0. The molecule has 3 N–H and O–H groups in total. The van der Waals surface area contributed by atoms with E-state index in [9.17, 15) is 4.79 Å². The van der Waals surface area contributed by atoms with E-state index in [0.29, 0.717) is 5.69 Å². The molecular formula is C6H9N3O. The maximum Gasteiger partial charge on any atom is 0.269 e. The van der Waals surface area contributed by atoms with Crippen LogP contribution >= 0.6 is 0 Å². The molecule has 0 saturated heterocycles. The Balaban J connectivity index is 2.88. The Kier molecular flexibility index (Phi) is 1.71. The van der Waals surface area contributed by atoms with Crippen LogP contribution in [0.4, 0.5) is 0 Å². The first-order chi connectivity index (χ1) is 4.74. The highest BCUT2D eigenvalue weighted by Gasteiger charge is 2.03. The first-order valence-corrected chi connectivity index (χ1v) is 3.08. The summed E-state index contributed by atoms with van der Waals surface area (Å²) < 4.78 is 0. The van der Waals surface area contributed by atoms with E-state index in [-0.39, 0.29) is 0 Å². The average molecular weight is 139 g/mol. The molecule has 0 bridgehead atoms. The van der Waals surface area contributed by atoms with Gasteiger partial charge in [-0.25, -0.2) is 0 Å². The van der Waals surface area contributed by atoms with Crippen molar-refractivity contribution >= 4 is 5.91 Å². The predicted molar refractivity (Wildman–Crippen MR) is 36.5 cm³/mol. The highest BCUT2D eigenvalue weighted by molar-refractivity contribution is 5.90. The zero-order valence-electron chi connectivity index (χ0n) is 5.72. The maximum absolute atomic E-state index is 10.5. The molecule has 0 aromatic carbocycles. The molecule has 1 rings (SSSR count). The van der Waals surface area contributed by atoms with Crippen molar-refractivity contribution in [1.29, 1.82) is 0 Å². The van der Waals surface area contributed by atoms with Gasteiger partial charge in [0.2, 0.25) is 0 Å². The van der Waals surface area contributed by atoms with Crippen LogP contribution in [0.2, 0.25) is 0 Å². The van der Waals surface area contributed by atoms with Gasteiger partial charge in [0, 0.05) is 5.69 Å². The largest absolute Gasteiger partial charge is 0.364 e. The van der Waals surface area contributed by atoms with Crippen molar-refractivity contribution in [3.05, 3.63) is 17.5 Å². The Labute approximate surface area is 58.4 Å². The number of nitrogens with one attached hydrogen (secondary N) is 1. The number of nitrogens with zero attached hydrogens (tertiary/aromatic N) is 1. The van der Waals surface area contributed by atoms with E-state index < -0.39 is 5.91 Å². The van der Waals surface area contributed by atoms with Gasteiger partial charge in [0.05, 0.1) is 0 Å². The lowest BCUT2D eigenvalue weighted by Gasteiger charge is -1.81. The minimum absolute atomic E-state index is 0.303. The summed E-state index contributed by atoms with van der Waals surface area (Å²) in [4.78, 5) is 10.5. The lowest BCUT2D eigenvalue weighted by Crippen LogP contribution is -2.10. The Morgan fingerprint density at radius 3 is 2.90 bits per heavy atom. The number of carbonyl (C=O) groups excluding carboxylic acids is 1. The maximum atomic E-state index is 10.5. The molecule has 4 heteroatoms. The summed E-state index contributed by atoms with van der Waals surface area (Å²) in [5.74, 6) is -0.490. The smallest absolute Gasteiger partial charge is 0.269 e. The highest BCUT2D eigenvalue weighted by atomic mass is 16.1. The number of aryl methyl sites for hydroxylation is 1. The van der Waals surface area contributed by atoms with Crippen molar-refractivity contribution in [2.75, 3.05) is 0 Å². The molecule has 1 heterocycles. The molecule has 1 aromatic heterocycles. The fraction of sp³-hybridized carbons (Fsp3) is 0.333. The molecule has 54 valence electrons. The van der Waals surface area contributed by atoms with E-state index in [2.05, 4.69) is 10.2 Å². The highest BCUT2D eigenvalue weighted by Crippen LogP contribution is 1.97. The second-order valence-electron chi connectivity index (χ2n) is 2.00. The van der Waals surface area contributed by atoms with E-state index in [0.717, 1.165) is 12.1 Å². The molecule has 0 unspecified atom stereocenters. The third-order valence-corrected chi connectivity index (χ3v) is 1.26. The van der Waals surface area contributed by atoms with Crippen LogP contribution in [0.1, 0.15) is 23.1 Å². The van der Waals surface area contributed by atoms with Crippen LogP contribution in [0.25, 0.3) is 0 Å². The van der Waals surface area contributed by atoms with Crippen molar-refractivity contribution in [3.63, 3.8) is 0 Å². The van der Waals surface area contributed by atoms with Gasteiger partial charge in [0.15, 0.2) is 0 Å². The Morgan fingerprint density at radius 1 is 1.90 bits per heavy atom. The minimum atomic E-state index is -0.490. The monoisotopic (exact) mass is 139 g/mol. The van der Waals surface area contributed by atoms with Gasteiger partial charge in [-0.2, -0.15) is 5.10 Å². The van der Waals surface area contributed by atoms with Crippen molar-refractivity contribution in [2.45, 2.75) is 13.3 Å². The van der Waals surface area contributed by atoms with Gasteiger partial charge in [-0.05, 0) is 12.5 Å². The number of H-pyrrole nitrogens is 1. The van der Waals surface area contributed by atoms with E-state index in [1.54, 1.807) is 6.07 Å². The standard InChI is InChI=1S/C6H9N3O/c1-2-4-3-5(6(7)10)9-8-4/h3H,2H2,1H3,(H2,7,10)(H,8,9). The van der Waals surface area contributed by atoms with E-state index >= 15 is 0 Å². The molecule has 4 nitrogen and oxygen atoms in total. The fourth-order valence-electron chi connectivity index (χ4n) is 0.669. The Morgan fingerprint density at radius 2 is 2.60 bits per heavy atom. The average Bonchev–Trinajstić information content (AvgIpc) is 2.34. The number of rotatable bonds is 2. The summed E-state index contributed by atoms with van der Waals surface area (Å²) in [6.07, 6.45) is 0.834. The van der Waals surface area contributed by atoms with Gasteiger partial charge in [-0.1, -0.05) is 6.92 Å². The predicted octanol–water partition coefficient (Wildman–Crippen LogP) is 0.0710. The number of aromatic amines is 1. The summed E-state index contributed by atoms with van der Waals surface area (Å²) >= 11 is 0. The normalized spacial score (nSPS) is 9.70. The van der Waals surface area contributed by atoms with E-state index in [1.165, 1.54) is 0 Å². The number of hydrogen-bond donors (Lipinski definition) is 2. The van der Waals surface area contributed by atoms with Crippen LogP contribution in [0.5, 0.6) is 0 Å². The number of nitrogens with two attached hydrogens (primary N) is 1. The number of carbonyl (C=O) groups is 1. The van der Waals surface area contributed by atoms with E-state index in [4.69, 9.17) is 5.73 Å². The lowest BCUT2D eigenvalue weighted by atomic mass is 10.3. The SMILES string of the molecule is CCc1cc(C(N)=O)n[nH]1. The Bertz CT molecular complexity index is 241. The topological polar surface area (TPSA) is 71.8 Å². The van der Waals surface area contributed by atoms with Crippen LogP contribution in [0.15, 0.2) is 6.07 Å². The molecule has 0 aliphatic rings. The van der Waals surface area contributed by atoms with Gasteiger partial charge < -0.3 is 5.73 Å². The van der Waals surface area contributed by atoms with Crippen LogP contribution in [-0.4, -0.2) is 16.1 Å². The summed E-state index contributed by atoms with van der Waals surface area (Å²) in [6, 6.07) is 1.66. The molecule has 0 fully saturated rings. The van der Waals surface area contributed by atoms with Gasteiger partial charge in [-0.15, -0.1) is 0 Å². The first-order valence-electron chi connectivity index (χ1n) is 3.08. The minimum Gasteiger partial charge on any atom is -0.364 e. The molecule has 10 heavy (non-hydrogen) atoms. The third-order valence-electron chi connectivity index (χ3n) is 1.26. The fourth-order valence-corrected chi connectivity index (χ4v) is 0.669.